The van der Waals surface area contributed by atoms with Crippen molar-refractivity contribution in [1.82, 2.24) is 29.7 Å². The number of amides is 2. The van der Waals surface area contributed by atoms with Crippen LogP contribution in [0.5, 0.6) is 0 Å². The van der Waals surface area contributed by atoms with Crippen LogP contribution >= 0.6 is 0 Å². The zero-order valence-corrected chi connectivity index (χ0v) is 62.8. The number of aliphatic hydroxyl groups is 1. The molecule has 12 aromatic rings. The van der Waals surface area contributed by atoms with Crippen LogP contribution in [0.4, 0.5) is 29.7 Å². The number of nitrogens with zero attached hydrogens (tertiary/aromatic N) is 6. The lowest BCUT2D eigenvalue weighted by atomic mass is 9.99. The van der Waals surface area contributed by atoms with Gasteiger partial charge in [-0.1, -0.05) is 48.5 Å². The van der Waals surface area contributed by atoms with Crippen LogP contribution < -0.4 is 19.2 Å². The van der Waals surface area contributed by atoms with Gasteiger partial charge in [0.15, 0.2) is 0 Å². The minimum Gasteiger partial charge on any atom is -0.501 e. The van der Waals surface area contributed by atoms with E-state index in [0.29, 0.717) is 96.0 Å². The molecule has 22 nitrogen and oxygen atoms in total. The van der Waals surface area contributed by atoms with Gasteiger partial charge in [0.25, 0.3) is 11.8 Å². The number of furan rings is 2. The highest BCUT2D eigenvalue weighted by Crippen LogP contribution is 2.46. The van der Waals surface area contributed by atoms with Crippen molar-refractivity contribution >= 4 is 105 Å². The number of carbonyl (C=O) groups excluding carboxylic acids is 4. The van der Waals surface area contributed by atoms with Crippen LogP contribution in [0.1, 0.15) is 91.4 Å². The molecule has 0 bridgehead atoms. The lowest BCUT2D eigenvalue weighted by Gasteiger charge is -2.22. The van der Waals surface area contributed by atoms with Crippen molar-refractivity contribution in [3.05, 3.63) is 197 Å². The van der Waals surface area contributed by atoms with Crippen LogP contribution in [0.25, 0.3) is 118 Å². The van der Waals surface area contributed by atoms with Crippen molar-refractivity contribution < 1.29 is 72.9 Å². The van der Waals surface area contributed by atoms with Gasteiger partial charge in [-0.05, 0) is 176 Å². The molecular formula is C80H80F2N8O14S2. The third kappa shape index (κ3) is 15.1. The molecule has 0 unspecified atom stereocenters. The predicted octanol–water partition coefficient (Wildman–Crippen LogP) is 16.1. The minimum absolute atomic E-state index is 0.164. The molecule has 0 spiro atoms. The van der Waals surface area contributed by atoms with E-state index in [4.69, 9.17) is 33.0 Å². The Hall–Kier alpha value is -11.5. The van der Waals surface area contributed by atoms with E-state index >= 15 is 0 Å². The fraction of sp³-hybridized carbons (Fsp3) is 0.250. The molecule has 6 aromatic heterocycles. The molecule has 0 atom stereocenters. The molecule has 106 heavy (non-hydrogen) atoms. The van der Waals surface area contributed by atoms with Gasteiger partial charge in [-0.2, -0.15) is 0 Å². The number of fused-ring (bicyclic) bond motifs is 4. The Kier molecular flexibility index (Phi) is 21.1. The van der Waals surface area contributed by atoms with Gasteiger partial charge < -0.3 is 38.8 Å². The van der Waals surface area contributed by atoms with E-state index < -0.39 is 66.9 Å². The number of anilines is 2. The zero-order chi connectivity index (χ0) is 76.8. The summed E-state index contributed by atoms with van der Waals surface area (Å²) >= 11 is 0. The second kappa shape index (κ2) is 29.6. The molecule has 12 rings (SSSR count). The van der Waals surface area contributed by atoms with Crippen LogP contribution in [0.3, 0.4) is 0 Å². The predicted molar refractivity (Wildman–Crippen MR) is 409 cm³/mol. The van der Waals surface area contributed by atoms with Crippen LogP contribution in [0, 0.1) is 25.5 Å². The molecule has 550 valence electrons. The highest BCUT2D eigenvalue weighted by molar-refractivity contribution is 7.92. The number of hydrogen-bond donors (Lipinski definition) is 3. The highest BCUT2D eigenvalue weighted by atomic mass is 32.2. The van der Waals surface area contributed by atoms with Crippen LogP contribution in [0.15, 0.2) is 161 Å². The SMILES string of the molecule is CCO/C=C/c1ccc(-c2cc3c(C(=O)NC)c(-c4ccc(F)cc4)oc3cc2N(C)S(C)(=O)=O)nc1-c1c(C)c2ccccc2n1C(=O)OC(C)(C)C.CNC(=O)c1c(-c2ccc(F)cc2)oc2cc(N(C)S(C)(=O)=O)c(-c3ccc(CCO)c(-c4c(C)c5ccccc5n4C(=O)OC(C)(C)C)n3)cc12. The zero-order valence-electron chi connectivity index (χ0n) is 61.1. The number of ether oxygens (including phenoxy) is 3. The lowest BCUT2D eigenvalue weighted by molar-refractivity contribution is 0.0535. The Morgan fingerprint density at radius 3 is 1.38 bits per heavy atom. The summed E-state index contributed by atoms with van der Waals surface area (Å²) in [5.41, 5.74) is 7.46. The summed E-state index contributed by atoms with van der Waals surface area (Å²) in [6.07, 6.45) is 4.42. The Morgan fingerprint density at radius 1 is 0.575 bits per heavy atom. The number of nitrogens with one attached hydrogen (secondary N) is 2. The molecule has 0 saturated carbocycles. The van der Waals surface area contributed by atoms with Crippen LogP contribution in [-0.4, -0.2) is 130 Å². The Labute approximate surface area is 611 Å². The summed E-state index contributed by atoms with van der Waals surface area (Å²) < 4.78 is 115. The fourth-order valence-corrected chi connectivity index (χ4v) is 13.6. The van der Waals surface area contributed by atoms with Gasteiger partial charge in [0.05, 0.1) is 93.1 Å². The van der Waals surface area contributed by atoms with E-state index in [9.17, 15) is 49.9 Å². The van der Waals surface area contributed by atoms with Crippen molar-refractivity contribution in [3.8, 4) is 67.9 Å². The van der Waals surface area contributed by atoms with Crippen molar-refractivity contribution in [3.63, 3.8) is 0 Å². The van der Waals surface area contributed by atoms with Gasteiger partial charge in [0.1, 0.15) is 45.5 Å². The van der Waals surface area contributed by atoms with Crippen molar-refractivity contribution in [2.24, 2.45) is 0 Å². The fourth-order valence-electron chi connectivity index (χ4n) is 12.6. The third-order valence-electron chi connectivity index (χ3n) is 17.6. The molecule has 0 radical (unpaired) electrons. The second-order valence-corrected chi connectivity index (χ2v) is 31.2. The maximum atomic E-state index is 14.0. The first-order chi connectivity index (χ1) is 50.1. The molecule has 0 aliphatic heterocycles. The molecule has 6 aromatic carbocycles. The van der Waals surface area contributed by atoms with Crippen LogP contribution in [0.2, 0.25) is 0 Å². The van der Waals surface area contributed by atoms with E-state index in [0.717, 1.165) is 43.0 Å². The number of hydrogen-bond acceptors (Lipinski definition) is 16. The van der Waals surface area contributed by atoms with E-state index in [2.05, 4.69) is 10.6 Å². The largest absolute Gasteiger partial charge is 0.501 e. The average molecular weight is 1480 g/mol. The quantitative estimate of drug-likeness (QED) is 0.0715. The average Bonchev–Trinajstić information content (AvgIpc) is 1.55. The number of rotatable bonds is 17. The van der Waals surface area contributed by atoms with E-state index in [-0.39, 0.29) is 58.2 Å². The number of para-hydroxylation sites is 2. The molecule has 0 saturated heterocycles. The number of aliphatic hydroxyl groups excluding tert-OH is 1. The summed E-state index contributed by atoms with van der Waals surface area (Å²) in [5, 5.41) is 17.7. The summed E-state index contributed by atoms with van der Waals surface area (Å²) in [6.45, 7) is 16.6. The number of benzene rings is 6. The molecule has 0 aliphatic rings. The van der Waals surface area contributed by atoms with Crippen molar-refractivity contribution in [1.29, 1.82) is 0 Å². The minimum atomic E-state index is -3.83. The first kappa shape index (κ1) is 75.7. The van der Waals surface area contributed by atoms with Gasteiger partial charge in [-0.3, -0.25) is 18.2 Å². The van der Waals surface area contributed by atoms with Crippen molar-refractivity contribution in [2.75, 3.05) is 62.5 Å². The van der Waals surface area contributed by atoms with E-state index in [1.807, 2.05) is 69.3 Å². The van der Waals surface area contributed by atoms with Gasteiger partial charge in [-0.15, -0.1) is 0 Å². The Bertz CT molecular complexity index is 5750. The maximum absolute atomic E-state index is 14.0. The standard InChI is InChI=1S/C41H41FN4O7S.C39H39FN4O7S/c1-9-51-21-20-25-16-19-31(44-36(25)37-24(2)28-12-10-11-13-32(28)46(37)40(48)53-41(3,4)5)29-22-30-34(23-33(29)45(7)54(8,49)50)52-38(35(30)39(47)43-6)26-14-17-27(42)18-15-26;1-22-26-10-8-9-11-30(26)44(38(47)51-39(2,3)4)35(22)34-23(18-19-45)14-17-29(42-34)27-20-28-32(21-31(27)43(6)52(7,48)49)50-36(33(28)37(46)41-5)24-12-15-25(40)16-13-24/h10-23H,9H2,1-8H3,(H,43,47);8-17,20-21,45H,18-19H2,1-7H3,(H,41,46)/b21-20+;. The summed E-state index contributed by atoms with van der Waals surface area (Å²) in [7, 11) is -1.90. The van der Waals surface area contributed by atoms with Crippen LogP contribution in [-0.2, 0) is 40.7 Å². The van der Waals surface area contributed by atoms with E-state index in [1.165, 1.54) is 91.9 Å². The number of aryl methyl sites for hydroxylation is 2. The van der Waals surface area contributed by atoms with Gasteiger partial charge in [-0.25, -0.2) is 54.3 Å². The first-order valence-electron chi connectivity index (χ1n) is 33.7. The summed E-state index contributed by atoms with van der Waals surface area (Å²) in [5.74, 6) is -1.52. The summed E-state index contributed by atoms with van der Waals surface area (Å²) in [4.78, 5) is 65.0. The van der Waals surface area contributed by atoms with E-state index in [1.54, 1.807) is 96.3 Å². The topological polar surface area (TPSA) is 277 Å². The first-order valence-corrected chi connectivity index (χ1v) is 37.4. The smallest absolute Gasteiger partial charge is 0.419 e. The number of sulfonamides is 2. The number of halogens is 2. The van der Waals surface area contributed by atoms with Gasteiger partial charge in [0.2, 0.25) is 20.0 Å². The number of pyridine rings is 2. The molecule has 0 aliphatic carbocycles. The molecule has 26 heteroatoms. The lowest BCUT2D eigenvalue weighted by Crippen LogP contribution is -2.27. The summed E-state index contributed by atoms with van der Waals surface area (Å²) in [6, 6.07) is 39.2. The van der Waals surface area contributed by atoms with Gasteiger partial charge >= 0.3 is 12.2 Å². The maximum Gasteiger partial charge on any atom is 0.419 e. The normalized spacial score (nSPS) is 12.1. The Balaban J connectivity index is 0.000000212. The molecule has 3 N–H and O–H groups in total. The molecular weight excluding hydrogens is 1400 g/mol. The Morgan fingerprint density at radius 2 is 0.981 bits per heavy atom. The number of aromatic nitrogens is 4. The number of carbonyl (C=O) groups is 4. The molecule has 6 heterocycles. The third-order valence-corrected chi connectivity index (χ3v) is 20.0. The second-order valence-electron chi connectivity index (χ2n) is 27.2. The monoisotopic (exact) mass is 1480 g/mol. The van der Waals surface area contributed by atoms with Crippen molar-refractivity contribution in [2.45, 2.75) is 79.9 Å². The van der Waals surface area contributed by atoms with Gasteiger partial charge in [0, 0.05) is 96.3 Å². The molecule has 2 amide bonds. The molecule has 0 fully saturated rings. The highest BCUT2D eigenvalue weighted by Gasteiger charge is 2.33.